The first-order valence-corrected chi connectivity index (χ1v) is 8.80. The average molecular weight is 335 g/mol. The lowest BCUT2D eigenvalue weighted by Gasteiger charge is -2.23. The molecule has 0 saturated carbocycles. The van der Waals surface area contributed by atoms with Crippen molar-refractivity contribution < 1.29 is 9.53 Å². The van der Waals surface area contributed by atoms with E-state index in [0.29, 0.717) is 32.3 Å². The molecule has 1 aromatic rings. The van der Waals surface area contributed by atoms with Gasteiger partial charge in [0.2, 0.25) is 0 Å². The van der Waals surface area contributed by atoms with Crippen molar-refractivity contribution in [2.45, 2.75) is 39.3 Å². The Bertz CT molecular complexity index is 451. The zero-order valence-corrected chi connectivity index (χ0v) is 15.6. The van der Waals surface area contributed by atoms with Crippen LogP contribution in [-0.4, -0.2) is 62.3 Å². The van der Waals surface area contributed by atoms with E-state index in [1.165, 1.54) is 0 Å². The number of carbonyl (C=O) groups excluding carboxylic acids is 1. The van der Waals surface area contributed by atoms with Crippen molar-refractivity contribution in [2.75, 3.05) is 40.4 Å². The minimum atomic E-state index is -0.0203. The molecule has 5 heteroatoms. The molecule has 0 spiro atoms. The number of unbranched alkanes of at least 4 members (excludes halogenated alkanes) is 1. The molecule has 5 nitrogen and oxygen atoms in total. The number of ether oxygens (including phenoxy) is 1. The van der Waals surface area contributed by atoms with E-state index >= 15 is 0 Å². The van der Waals surface area contributed by atoms with Gasteiger partial charge in [0.25, 0.3) is 0 Å². The van der Waals surface area contributed by atoms with Crippen LogP contribution in [0.25, 0.3) is 0 Å². The monoisotopic (exact) mass is 335 g/mol. The standard InChI is InChI=1S/C19H33N3O2/c1-17(2)21(3)13-9-8-12-20-19(23)22(14-15-24-4)16-18-10-6-5-7-11-18/h5-7,10-11,17H,8-9,12-16H2,1-4H3,(H,20,23). The fraction of sp³-hybridized carbons (Fsp3) is 0.632. The van der Waals surface area contributed by atoms with Crippen LogP contribution >= 0.6 is 0 Å². The van der Waals surface area contributed by atoms with Crippen molar-refractivity contribution in [3.05, 3.63) is 35.9 Å². The highest BCUT2D eigenvalue weighted by Crippen LogP contribution is 2.05. The van der Waals surface area contributed by atoms with Gasteiger partial charge in [-0.05, 0) is 45.8 Å². The summed E-state index contributed by atoms with van der Waals surface area (Å²) in [6.45, 7) is 7.89. The number of hydrogen-bond acceptors (Lipinski definition) is 3. The number of benzene rings is 1. The van der Waals surface area contributed by atoms with Gasteiger partial charge in [0, 0.05) is 32.8 Å². The smallest absolute Gasteiger partial charge is 0.317 e. The van der Waals surface area contributed by atoms with Gasteiger partial charge in [0.05, 0.1) is 6.61 Å². The highest BCUT2D eigenvalue weighted by Gasteiger charge is 2.13. The molecule has 0 aliphatic heterocycles. The topological polar surface area (TPSA) is 44.8 Å². The van der Waals surface area contributed by atoms with Crippen molar-refractivity contribution in [1.82, 2.24) is 15.1 Å². The number of nitrogens with zero attached hydrogens (tertiary/aromatic N) is 2. The Balaban J connectivity index is 2.36. The van der Waals surface area contributed by atoms with Crippen molar-refractivity contribution in [2.24, 2.45) is 0 Å². The maximum atomic E-state index is 12.4. The summed E-state index contributed by atoms with van der Waals surface area (Å²) in [6, 6.07) is 10.6. The number of urea groups is 1. The second-order valence-electron chi connectivity index (χ2n) is 6.41. The lowest BCUT2D eigenvalue weighted by molar-refractivity contribution is 0.146. The van der Waals surface area contributed by atoms with E-state index in [-0.39, 0.29) is 6.03 Å². The Morgan fingerprint density at radius 2 is 1.88 bits per heavy atom. The maximum Gasteiger partial charge on any atom is 0.317 e. The Hall–Kier alpha value is -1.59. The predicted molar refractivity (Wildman–Crippen MR) is 99.1 cm³/mol. The Morgan fingerprint density at radius 1 is 1.17 bits per heavy atom. The molecule has 0 aromatic heterocycles. The molecule has 24 heavy (non-hydrogen) atoms. The molecule has 0 aliphatic carbocycles. The van der Waals surface area contributed by atoms with Gasteiger partial charge in [-0.3, -0.25) is 0 Å². The molecule has 0 fully saturated rings. The van der Waals surface area contributed by atoms with E-state index in [0.717, 1.165) is 24.9 Å². The van der Waals surface area contributed by atoms with E-state index in [9.17, 15) is 4.79 Å². The molecule has 1 aromatic carbocycles. The van der Waals surface area contributed by atoms with Crippen molar-refractivity contribution >= 4 is 6.03 Å². The molecule has 136 valence electrons. The van der Waals surface area contributed by atoms with E-state index in [4.69, 9.17) is 4.74 Å². The van der Waals surface area contributed by atoms with Crippen LogP contribution in [0.5, 0.6) is 0 Å². The SMILES string of the molecule is COCCN(Cc1ccccc1)C(=O)NCCCCN(C)C(C)C. The van der Waals surface area contributed by atoms with Gasteiger partial charge in [-0.15, -0.1) is 0 Å². The lowest BCUT2D eigenvalue weighted by Crippen LogP contribution is -2.41. The summed E-state index contributed by atoms with van der Waals surface area (Å²) >= 11 is 0. The van der Waals surface area contributed by atoms with Crippen LogP contribution in [0.3, 0.4) is 0 Å². The summed E-state index contributed by atoms with van der Waals surface area (Å²) in [5, 5.41) is 3.03. The highest BCUT2D eigenvalue weighted by molar-refractivity contribution is 5.74. The molecular weight excluding hydrogens is 302 g/mol. The molecule has 1 rings (SSSR count). The summed E-state index contributed by atoms with van der Waals surface area (Å²) in [5.41, 5.74) is 1.13. The third kappa shape index (κ3) is 8.31. The fourth-order valence-corrected chi connectivity index (χ4v) is 2.31. The highest BCUT2D eigenvalue weighted by atomic mass is 16.5. The van der Waals surface area contributed by atoms with Crippen LogP contribution < -0.4 is 5.32 Å². The second kappa shape index (κ2) is 11.9. The van der Waals surface area contributed by atoms with Gasteiger partial charge in [-0.2, -0.15) is 0 Å². The minimum absolute atomic E-state index is 0.0203. The van der Waals surface area contributed by atoms with E-state index in [1.807, 2.05) is 30.3 Å². The quantitative estimate of drug-likeness (QED) is 0.632. The van der Waals surface area contributed by atoms with Crippen molar-refractivity contribution in [3.8, 4) is 0 Å². The Labute approximate surface area is 147 Å². The molecule has 0 radical (unpaired) electrons. The molecule has 0 atom stereocenters. The Morgan fingerprint density at radius 3 is 2.50 bits per heavy atom. The average Bonchev–Trinajstić information content (AvgIpc) is 2.58. The lowest BCUT2D eigenvalue weighted by atomic mass is 10.2. The van der Waals surface area contributed by atoms with E-state index in [1.54, 1.807) is 12.0 Å². The summed E-state index contributed by atoms with van der Waals surface area (Å²) in [5.74, 6) is 0. The summed E-state index contributed by atoms with van der Waals surface area (Å²) < 4.78 is 5.12. The molecule has 0 heterocycles. The molecule has 1 N–H and O–H groups in total. The van der Waals surface area contributed by atoms with Crippen LogP contribution in [0.2, 0.25) is 0 Å². The van der Waals surface area contributed by atoms with Crippen molar-refractivity contribution in [1.29, 1.82) is 0 Å². The van der Waals surface area contributed by atoms with Gasteiger partial charge in [0.1, 0.15) is 0 Å². The minimum Gasteiger partial charge on any atom is -0.383 e. The van der Waals surface area contributed by atoms with Crippen LogP contribution in [0, 0.1) is 0 Å². The number of carbonyl (C=O) groups is 1. The van der Waals surface area contributed by atoms with Crippen LogP contribution in [-0.2, 0) is 11.3 Å². The zero-order valence-electron chi connectivity index (χ0n) is 15.6. The number of rotatable bonds is 11. The third-order valence-corrected chi connectivity index (χ3v) is 4.16. The Kier molecular flexibility index (Phi) is 10.1. The van der Waals surface area contributed by atoms with Crippen LogP contribution in [0.15, 0.2) is 30.3 Å². The molecular formula is C19H33N3O2. The summed E-state index contributed by atoms with van der Waals surface area (Å²) in [7, 11) is 3.79. The predicted octanol–water partition coefficient (Wildman–Crippen LogP) is 2.97. The molecule has 0 bridgehead atoms. The first kappa shape index (κ1) is 20.5. The fourth-order valence-electron chi connectivity index (χ4n) is 2.31. The number of amides is 2. The van der Waals surface area contributed by atoms with Gasteiger partial charge in [-0.25, -0.2) is 4.79 Å². The van der Waals surface area contributed by atoms with Crippen molar-refractivity contribution in [3.63, 3.8) is 0 Å². The summed E-state index contributed by atoms with van der Waals surface area (Å²) in [6.07, 6.45) is 2.08. The molecule has 0 aliphatic rings. The van der Waals surface area contributed by atoms with Gasteiger partial charge in [-0.1, -0.05) is 30.3 Å². The number of nitrogens with one attached hydrogen (secondary N) is 1. The third-order valence-electron chi connectivity index (χ3n) is 4.16. The summed E-state index contributed by atoms with van der Waals surface area (Å²) in [4.78, 5) is 16.5. The normalized spacial score (nSPS) is 11.1. The molecule has 2 amide bonds. The van der Waals surface area contributed by atoms with Gasteiger partial charge < -0.3 is 19.9 Å². The second-order valence-corrected chi connectivity index (χ2v) is 6.41. The van der Waals surface area contributed by atoms with E-state index in [2.05, 4.69) is 31.1 Å². The first-order chi connectivity index (χ1) is 11.5. The van der Waals surface area contributed by atoms with Gasteiger partial charge in [0.15, 0.2) is 0 Å². The van der Waals surface area contributed by atoms with Crippen LogP contribution in [0.1, 0.15) is 32.3 Å². The molecule has 0 saturated heterocycles. The number of hydrogen-bond donors (Lipinski definition) is 1. The molecule has 0 unspecified atom stereocenters. The maximum absolute atomic E-state index is 12.4. The van der Waals surface area contributed by atoms with E-state index < -0.39 is 0 Å². The van der Waals surface area contributed by atoms with Crippen LogP contribution in [0.4, 0.5) is 4.79 Å². The zero-order chi connectivity index (χ0) is 17.8. The number of methoxy groups -OCH3 is 1. The van der Waals surface area contributed by atoms with Gasteiger partial charge >= 0.3 is 6.03 Å². The largest absolute Gasteiger partial charge is 0.383 e. The first-order valence-electron chi connectivity index (χ1n) is 8.80.